The number of hydrogen-bond acceptors (Lipinski definition) is 3. The average Bonchev–Trinajstić information content (AvgIpc) is 3.02. The summed E-state index contributed by atoms with van der Waals surface area (Å²) in [5.41, 5.74) is 0.961. The quantitative estimate of drug-likeness (QED) is 0.440. The lowest BCUT2D eigenvalue weighted by molar-refractivity contribution is -0.143. The van der Waals surface area contributed by atoms with E-state index in [1.165, 1.54) is 4.90 Å². The number of alkyl halides is 3. The number of para-hydroxylation sites is 1. The molecule has 0 radical (unpaired) electrons. The molecule has 144 valence electrons. The number of halogens is 3. The molecule has 0 aliphatic carbocycles. The molecular formula is C18H25F3N4O. The monoisotopic (exact) mass is 370 g/mol. The Hall–Kier alpha value is -2.22. The first-order valence-electron chi connectivity index (χ1n) is 8.49. The molecule has 1 fully saturated rings. The minimum absolute atomic E-state index is 0.0594. The van der Waals surface area contributed by atoms with Crippen LogP contribution in [0.25, 0.3) is 0 Å². The van der Waals surface area contributed by atoms with Gasteiger partial charge in [0.05, 0.1) is 6.54 Å². The lowest BCUT2D eigenvalue weighted by Crippen LogP contribution is -2.44. The van der Waals surface area contributed by atoms with Crippen LogP contribution < -0.4 is 15.4 Å². The van der Waals surface area contributed by atoms with E-state index in [2.05, 4.69) is 22.2 Å². The summed E-state index contributed by atoms with van der Waals surface area (Å²) < 4.78 is 43.1. The van der Waals surface area contributed by atoms with Crippen LogP contribution in [0.3, 0.4) is 0 Å². The lowest BCUT2D eigenvalue weighted by atomic mass is 10.2. The highest BCUT2D eigenvalue weighted by atomic mass is 19.4. The molecule has 0 saturated carbocycles. The van der Waals surface area contributed by atoms with Crippen molar-refractivity contribution in [1.82, 2.24) is 15.5 Å². The van der Waals surface area contributed by atoms with Crippen LogP contribution in [0.4, 0.5) is 13.2 Å². The van der Waals surface area contributed by atoms with Crippen molar-refractivity contribution in [1.29, 1.82) is 0 Å². The number of hydrogen-bond donors (Lipinski definition) is 2. The molecule has 8 heteroatoms. The molecule has 1 saturated heterocycles. The maximum absolute atomic E-state index is 12.5. The summed E-state index contributed by atoms with van der Waals surface area (Å²) in [5.74, 6) is 1.31. The molecule has 1 aromatic carbocycles. The van der Waals surface area contributed by atoms with Gasteiger partial charge in [-0.25, -0.2) is 0 Å². The number of nitrogens with zero attached hydrogens (tertiary/aromatic N) is 2. The Bertz CT molecular complexity index is 619. The Morgan fingerprint density at radius 2 is 2.19 bits per heavy atom. The van der Waals surface area contributed by atoms with Gasteiger partial charge >= 0.3 is 6.18 Å². The van der Waals surface area contributed by atoms with Gasteiger partial charge in [0.15, 0.2) is 5.96 Å². The van der Waals surface area contributed by atoms with E-state index in [9.17, 15) is 13.2 Å². The minimum atomic E-state index is -4.16. The fraction of sp³-hybridized carbons (Fsp3) is 0.500. The Kier molecular flexibility index (Phi) is 7.32. The van der Waals surface area contributed by atoms with E-state index in [0.717, 1.165) is 11.3 Å². The van der Waals surface area contributed by atoms with Gasteiger partial charge in [-0.15, -0.1) is 0 Å². The molecule has 1 unspecified atom stereocenters. The van der Waals surface area contributed by atoms with E-state index in [-0.39, 0.29) is 6.04 Å². The highest BCUT2D eigenvalue weighted by molar-refractivity contribution is 5.80. The first-order valence-corrected chi connectivity index (χ1v) is 8.49. The molecule has 1 aromatic rings. The maximum Gasteiger partial charge on any atom is 0.401 e. The van der Waals surface area contributed by atoms with Crippen LogP contribution in [-0.4, -0.2) is 56.4 Å². The van der Waals surface area contributed by atoms with Crippen LogP contribution in [0.5, 0.6) is 5.75 Å². The van der Waals surface area contributed by atoms with E-state index in [1.807, 2.05) is 24.3 Å². The summed E-state index contributed by atoms with van der Waals surface area (Å²) in [6.07, 6.45) is -1.84. The number of ether oxygens (including phenoxy) is 1. The van der Waals surface area contributed by atoms with E-state index >= 15 is 0 Å². The third-order valence-corrected chi connectivity index (χ3v) is 4.02. The summed E-state index contributed by atoms with van der Waals surface area (Å²) in [7, 11) is 1.64. The third kappa shape index (κ3) is 6.59. The molecule has 1 aliphatic heterocycles. The molecule has 2 N–H and O–H groups in total. The van der Waals surface area contributed by atoms with Crippen LogP contribution in [0.15, 0.2) is 41.9 Å². The summed E-state index contributed by atoms with van der Waals surface area (Å²) >= 11 is 0. The zero-order chi connectivity index (χ0) is 19.0. The second kappa shape index (κ2) is 9.47. The second-order valence-corrected chi connectivity index (χ2v) is 6.11. The highest BCUT2D eigenvalue weighted by Gasteiger charge is 2.34. The van der Waals surface area contributed by atoms with Gasteiger partial charge in [-0.2, -0.15) is 13.2 Å². The number of likely N-dealkylation sites (tertiary alicyclic amines) is 1. The van der Waals surface area contributed by atoms with E-state index in [1.54, 1.807) is 13.1 Å². The predicted octanol–water partition coefficient (Wildman–Crippen LogP) is 2.55. The SMILES string of the molecule is C=CCOc1ccccc1CNC(=NC)NC1CCN(CC(F)(F)F)C1. The molecule has 0 bridgehead atoms. The molecule has 0 amide bonds. The predicted molar refractivity (Wildman–Crippen MR) is 96.4 cm³/mol. The first-order chi connectivity index (χ1) is 12.4. The number of guanidine groups is 1. The standard InChI is InChI=1S/C18H25F3N4O/c1-3-10-26-16-7-5-4-6-14(16)11-23-17(22-2)24-15-8-9-25(12-15)13-18(19,20)21/h3-7,15H,1,8-13H2,2H3,(H2,22,23,24). The molecule has 0 aromatic heterocycles. The first kappa shape index (κ1) is 20.1. The van der Waals surface area contributed by atoms with Gasteiger partial charge in [0, 0.05) is 38.3 Å². The molecule has 2 rings (SSSR count). The molecule has 5 nitrogen and oxygen atoms in total. The molecular weight excluding hydrogens is 345 g/mol. The smallest absolute Gasteiger partial charge is 0.401 e. The molecule has 1 aliphatic rings. The fourth-order valence-corrected chi connectivity index (χ4v) is 2.85. The summed E-state index contributed by atoms with van der Waals surface area (Å²) in [5, 5.41) is 6.37. The Balaban J connectivity index is 1.85. The van der Waals surface area contributed by atoms with Crippen molar-refractivity contribution in [3.8, 4) is 5.75 Å². The summed E-state index contributed by atoms with van der Waals surface area (Å²) in [4.78, 5) is 5.56. The van der Waals surface area contributed by atoms with Crippen LogP contribution in [0, 0.1) is 0 Å². The van der Waals surface area contributed by atoms with Gasteiger partial charge in [0.2, 0.25) is 0 Å². The van der Waals surface area contributed by atoms with Gasteiger partial charge in [-0.1, -0.05) is 30.9 Å². The van der Waals surface area contributed by atoms with E-state index in [0.29, 0.717) is 38.6 Å². The van der Waals surface area contributed by atoms with Gasteiger partial charge in [-0.05, 0) is 12.5 Å². The van der Waals surface area contributed by atoms with Crippen molar-refractivity contribution in [2.24, 2.45) is 4.99 Å². The van der Waals surface area contributed by atoms with Crippen molar-refractivity contribution in [2.75, 3.05) is 33.3 Å². The zero-order valence-corrected chi connectivity index (χ0v) is 14.9. The van der Waals surface area contributed by atoms with Gasteiger partial charge in [0.1, 0.15) is 12.4 Å². The molecule has 1 atom stereocenters. The van der Waals surface area contributed by atoms with Crippen molar-refractivity contribution in [3.63, 3.8) is 0 Å². The second-order valence-electron chi connectivity index (χ2n) is 6.11. The van der Waals surface area contributed by atoms with Gasteiger partial charge in [0.25, 0.3) is 0 Å². The van der Waals surface area contributed by atoms with Crippen LogP contribution in [0.2, 0.25) is 0 Å². The Labute approximate surface area is 151 Å². The maximum atomic E-state index is 12.5. The molecule has 0 spiro atoms. The summed E-state index contributed by atoms with van der Waals surface area (Å²) in [6, 6.07) is 7.57. The van der Waals surface area contributed by atoms with Crippen LogP contribution >= 0.6 is 0 Å². The largest absolute Gasteiger partial charge is 0.489 e. The average molecular weight is 370 g/mol. The normalized spacial score (nSPS) is 18.6. The lowest BCUT2D eigenvalue weighted by Gasteiger charge is -2.20. The van der Waals surface area contributed by atoms with Crippen LogP contribution in [0.1, 0.15) is 12.0 Å². The van der Waals surface area contributed by atoms with Crippen molar-refractivity contribution >= 4 is 5.96 Å². The zero-order valence-electron chi connectivity index (χ0n) is 14.9. The van der Waals surface area contributed by atoms with Gasteiger partial charge in [-0.3, -0.25) is 9.89 Å². The van der Waals surface area contributed by atoms with Gasteiger partial charge < -0.3 is 15.4 Å². The van der Waals surface area contributed by atoms with Crippen molar-refractivity contribution < 1.29 is 17.9 Å². The van der Waals surface area contributed by atoms with Crippen molar-refractivity contribution in [3.05, 3.63) is 42.5 Å². The van der Waals surface area contributed by atoms with Crippen LogP contribution in [-0.2, 0) is 6.54 Å². The van der Waals surface area contributed by atoms with E-state index < -0.39 is 12.7 Å². The molecule has 26 heavy (non-hydrogen) atoms. The fourth-order valence-electron chi connectivity index (χ4n) is 2.85. The minimum Gasteiger partial charge on any atom is -0.489 e. The number of nitrogens with one attached hydrogen (secondary N) is 2. The highest BCUT2D eigenvalue weighted by Crippen LogP contribution is 2.20. The number of rotatable bonds is 7. The van der Waals surface area contributed by atoms with E-state index in [4.69, 9.17) is 4.74 Å². The summed E-state index contributed by atoms with van der Waals surface area (Å²) in [6.45, 7) is 4.44. The number of benzene rings is 1. The Morgan fingerprint density at radius 1 is 1.42 bits per heavy atom. The third-order valence-electron chi connectivity index (χ3n) is 4.02. The topological polar surface area (TPSA) is 48.9 Å². The van der Waals surface area contributed by atoms with Crippen molar-refractivity contribution in [2.45, 2.75) is 25.2 Å². The molecule has 1 heterocycles. The Morgan fingerprint density at radius 3 is 2.88 bits per heavy atom. The number of aliphatic imine (C=N–C) groups is 1.